The Bertz CT molecular complexity index is 353. The van der Waals surface area contributed by atoms with Crippen molar-refractivity contribution in [2.24, 2.45) is 7.05 Å². The molecular weight excluding hydrogens is 228 g/mol. The van der Waals surface area contributed by atoms with Gasteiger partial charge >= 0.3 is 0 Å². The van der Waals surface area contributed by atoms with E-state index in [2.05, 4.69) is 36.2 Å². The number of nitrogens with zero attached hydrogens (tertiary/aromatic N) is 3. The Balaban J connectivity index is 2.84. The average molecular weight is 254 g/mol. The molecule has 1 aromatic heterocycles. The van der Waals surface area contributed by atoms with E-state index in [-0.39, 0.29) is 11.6 Å². The molecule has 0 fully saturated rings. The topological polar surface area (TPSA) is 52.0 Å². The molecule has 0 saturated heterocycles. The molecule has 5 nitrogen and oxygen atoms in total. The van der Waals surface area contributed by atoms with E-state index in [1.54, 1.807) is 6.33 Å². The third-order valence-corrected chi connectivity index (χ3v) is 3.56. The van der Waals surface area contributed by atoms with Crippen molar-refractivity contribution in [3.63, 3.8) is 0 Å². The van der Waals surface area contributed by atoms with Gasteiger partial charge in [-0.3, -0.25) is 4.68 Å². The monoisotopic (exact) mass is 254 g/mol. The van der Waals surface area contributed by atoms with Crippen LogP contribution in [-0.2, 0) is 18.2 Å². The highest BCUT2D eigenvalue weighted by Gasteiger charge is 2.33. The molecule has 0 amide bonds. The smallest absolute Gasteiger partial charge is 0.138 e. The minimum Gasteiger partial charge on any atom is -0.374 e. The molecule has 1 N–H and O–H groups in total. The van der Waals surface area contributed by atoms with Crippen molar-refractivity contribution in [1.82, 2.24) is 20.1 Å². The molecule has 0 radical (unpaired) electrons. The van der Waals surface area contributed by atoms with Gasteiger partial charge in [-0.15, -0.1) is 0 Å². The van der Waals surface area contributed by atoms with Crippen LogP contribution in [0.3, 0.4) is 0 Å². The van der Waals surface area contributed by atoms with Crippen molar-refractivity contribution < 1.29 is 4.74 Å². The fraction of sp³-hybridized carbons (Fsp3) is 0.846. The Labute approximate surface area is 110 Å². The van der Waals surface area contributed by atoms with Gasteiger partial charge in [-0.05, 0) is 26.8 Å². The number of rotatable bonds is 8. The quantitative estimate of drug-likeness (QED) is 0.764. The number of hydrogen-bond donors (Lipinski definition) is 1. The first-order valence-electron chi connectivity index (χ1n) is 6.77. The maximum atomic E-state index is 5.96. The van der Waals surface area contributed by atoms with Gasteiger partial charge in [-0.2, -0.15) is 5.10 Å². The van der Waals surface area contributed by atoms with Crippen LogP contribution < -0.4 is 5.32 Å². The lowest BCUT2D eigenvalue weighted by molar-refractivity contribution is -0.0552. The van der Waals surface area contributed by atoms with E-state index in [9.17, 15) is 0 Å². The molecule has 0 aliphatic carbocycles. The van der Waals surface area contributed by atoms with E-state index in [0.29, 0.717) is 0 Å². The molecule has 18 heavy (non-hydrogen) atoms. The molecule has 1 aromatic rings. The Morgan fingerprint density at radius 1 is 1.44 bits per heavy atom. The Morgan fingerprint density at radius 2 is 2.17 bits per heavy atom. The number of ether oxygens (including phenoxy) is 1. The highest BCUT2D eigenvalue weighted by Crippen LogP contribution is 2.22. The van der Waals surface area contributed by atoms with Crippen molar-refractivity contribution in [2.75, 3.05) is 13.2 Å². The molecule has 0 bridgehead atoms. The Hall–Kier alpha value is -0.940. The van der Waals surface area contributed by atoms with Crippen molar-refractivity contribution in [1.29, 1.82) is 0 Å². The van der Waals surface area contributed by atoms with Gasteiger partial charge in [-0.1, -0.05) is 13.8 Å². The molecule has 1 heterocycles. The molecule has 0 aliphatic heterocycles. The SMILES string of the molecule is CCNC(Cc1ncnn1C)C(C)(CC)OCC. The summed E-state index contributed by atoms with van der Waals surface area (Å²) < 4.78 is 7.79. The first-order valence-corrected chi connectivity index (χ1v) is 6.77. The lowest BCUT2D eigenvalue weighted by Gasteiger charge is -2.37. The highest BCUT2D eigenvalue weighted by atomic mass is 16.5. The predicted octanol–water partition coefficient (Wildman–Crippen LogP) is 1.54. The summed E-state index contributed by atoms with van der Waals surface area (Å²) in [6.45, 7) is 10.1. The van der Waals surface area contributed by atoms with Crippen molar-refractivity contribution in [3.05, 3.63) is 12.2 Å². The summed E-state index contributed by atoms with van der Waals surface area (Å²) in [5.41, 5.74) is -0.170. The second-order valence-electron chi connectivity index (χ2n) is 4.71. The zero-order valence-corrected chi connectivity index (χ0v) is 12.2. The third kappa shape index (κ3) is 3.53. The molecule has 2 unspecified atom stereocenters. The van der Waals surface area contributed by atoms with Gasteiger partial charge in [0.25, 0.3) is 0 Å². The second kappa shape index (κ2) is 6.85. The van der Waals surface area contributed by atoms with Gasteiger partial charge in [0.15, 0.2) is 0 Å². The van der Waals surface area contributed by atoms with Crippen LogP contribution >= 0.6 is 0 Å². The molecule has 0 saturated carbocycles. The van der Waals surface area contributed by atoms with Gasteiger partial charge in [0.2, 0.25) is 0 Å². The standard InChI is InChI=1S/C13H26N4O/c1-6-13(4,18-8-3)11(14-7-2)9-12-15-10-16-17(12)5/h10-11,14H,6-9H2,1-5H3. The Kier molecular flexibility index (Phi) is 5.75. The van der Waals surface area contributed by atoms with Crippen LogP contribution in [0.1, 0.15) is 39.9 Å². The summed E-state index contributed by atoms with van der Waals surface area (Å²) in [5.74, 6) is 0.986. The average Bonchev–Trinajstić information content (AvgIpc) is 2.75. The van der Waals surface area contributed by atoms with Crippen molar-refractivity contribution in [2.45, 2.75) is 52.2 Å². The molecular formula is C13H26N4O. The first kappa shape index (κ1) is 15.1. The molecule has 0 aliphatic rings. The number of hydrogen-bond acceptors (Lipinski definition) is 4. The van der Waals surface area contributed by atoms with Gasteiger partial charge in [0.1, 0.15) is 12.2 Å². The van der Waals surface area contributed by atoms with Gasteiger partial charge in [0.05, 0.1) is 5.60 Å². The normalized spacial score (nSPS) is 16.5. The van der Waals surface area contributed by atoms with E-state index in [1.165, 1.54) is 0 Å². The van der Waals surface area contributed by atoms with Crippen molar-refractivity contribution >= 4 is 0 Å². The van der Waals surface area contributed by atoms with Crippen LogP contribution in [0.2, 0.25) is 0 Å². The van der Waals surface area contributed by atoms with Gasteiger partial charge in [-0.25, -0.2) is 4.98 Å². The molecule has 104 valence electrons. The van der Waals surface area contributed by atoms with Gasteiger partial charge < -0.3 is 10.1 Å². The summed E-state index contributed by atoms with van der Waals surface area (Å²) in [4.78, 5) is 4.30. The van der Waals surface area contributed by atoms with Crippen molar-refractivity contribution in [3.8, 4) is 0 Å². The highest BCUT2D eigenvalue weighted by molar-refractivity contribution is 4.97. The molecule has 1 rings (SSSR count). The molecule has 0 aromatic carbocycles. The maximum Gasteiger partial charge on any atom is 0.138 e. The number of aryl methyl sites for hydroxylation is 1. The van der Waals surface area contributed by atoms with E-state index in [1.807, 2.05) is 18.7 Å². The largest absolute Gasteiger partial charge is 0.374 e. The van der Waals surface area contributed by atoms with Crippen LogP contribution in [0.4, 0.5) is 0 Å². The summed E-state index contributed by atoms with van der Waals surface area (Å²) >= 11 is 0. The molecule has 2 atom stereocenters. The Morgan fingerprint density at radius 3 is 2.61 bits per heavy atom. The minimum absolute atomic E-state index is 0.170. The number of likely N-dealkylation sites (N-methyl/N-ethyl adjacent to an activating group) is 1. The van der Waals surface area contributed by atoms with E-state index < -0.39 is 0 Å². The maximum absolute atomic E-state index is 5.96. The zero-order valence-electron chi connectivity index (χ0n) is 12.2. The van der Waals surface area contributed by atoms with Gasteiger partial charge in [0, 0.05) is 26.1 Å². The fourth-order valence-electron chi connectivity index (χ4n) is 2.22. The van der Waals surface area contributed by atoms with E-state index in [0.717, 1.165) is 31.8 Å². The molecule has 5 heteroatoms. The lowest BCUT2D eigenvalue weighted by Crippen LogP contribution is -2.52. The second-order valence-corrected chi connectivity index (χ2v) is 4.71. The number of nitrogens with one attached hydrogen (secondary N) is 1. The lowest BCUT2D eigenvalue weighted by atomic mass is 9.90. The van der Waals surface area contributed by atoms with Crippen LogP contribution in [0.25, 0.3) is 0 Å². The predicted molar refractivity (Wildman–Crippen MR) is 72.5 cm³/mol. The summed E-state index contributed by atoms with van der Waals surface area (Å²) in [6.07, 6.45) is 3.40. The summed E-state index contributed by atoms with van der Waals surface area (Å²) in [5, 5.41) is 7.64. The van der Waals surface area contributed by atoms with Crippen LogP contribution in [-0.4, -0.2) is 39.6 Å². The first-order chi connectivity index (χ1) is 8.57. The van der Waals surface area contributed by atoms with E-state index in [4.69, 9.17) is 4.74 Å². The zero-order chi connectivity index (χ0) is 13.6. The third-order valence-electron chi connectivity index (χ3n) is 3.56. The molecule has 0 spiro atoms. The summed E-state index contributed by atoms with van der Waals surface area (Å²) in [6, 6.07) is 0.246. The summed E-state index contributed by atoms with van der Waals surface area (Å²) in [7, 11) is 1.93. The van der Waals surface area contributed by atoms with Crippen LogP contribution in [0.15, 0.2) is 6.33 Å². The van der Waals surface area contributed by atoms with Crippen LogP contribution in [0.5, 0.6) is 0 Å². The van der Waals surface area contributed by atoms with E-state index >= 15 is 0 Å². The fourth-order valence-corrected chi connectivity index (χ4v) is 2.22. The van der Waals surface area contributed by atoms with Crippen LogP contribution in [0, 0.1) is 0 Å². The number of aromatic nitrogens is 3. The minimum atomic E-state index is -0.170.